The van der Waals surface area contributed by atoms with Gasteiger partial charge in [-0.1, -0.05) is 41.4 Å². The van der Waals surface area contributed by atoms with E-state index in [0.717, 1.165) is 17.8 Å². The van der Waals surface area contributed by atoms with Crippen molar-refractivity contribution >= 4 is 22.8 Å². The number of hydrogen-bond donors (Lipinski definition) is 1. The van der Waals surface area contributed by atoms with Gasteiger partial charge in [0.15, 0.2) is 6.04 Å². The van der Waals surface area contributed by atoms with E-state index in [1.165, 1.54) is 16.3 Å². The lowest BCUT2D eigenvalue weighted by atomic mass is 9.91. The van der Waals surface area contributed by atoms with Crippen LogP contribution >= 0.6 is 0 Å². The molecule has 23 heavy (non-hydrogen) atoms. The maximum Gasteiger partial charge on any atom is 0.280 e. The van der Waals surface area contributed by atoms with Crippen LogP contribution in [0.25, 0.3) is 10.8 Å². The molecule has 0 bridgehead atoms. The summed E-state index contributed by atoms with van der Waals surface area (Å²) in [4.78, 5) is 4.39. The number of fused-ring (bicyclic) bond motifs is 5. The fourth-order valence-corrected chi connectivity index (χ4v) is 3.95. The fourth-order valence-electron chi connectivity index (χ4n) is 3.95. The predicted octanol–water partition coefficient (Wildman–Crippen LogP) is 2.52. The average molecular weight is 309 g/mol. The van der Waals surface area contributed by atoms with Crippen LogP contribution in [0.4, 0.5) is 0 Å². The zero-order chi connectivity index (χ0) is 16.2. The van der Waals surface area contributed by atoms with Gasteiger partial charge in [0.05, 0.1) is 5.92 Å². The van der Waals surface area contributed by atoms with Crippen LogP contribution in [0.2, 0.25) is 0 Å². The van der Waals surface area contributed by atoms with E-state index in [-0.39, 0.29) is 12.0 Å². The molecule has 0 saturated heterocycles. The summed E-state index contributed by atoms with van der Waals surface area (Å²) in [5, 5.41) is 13.3. The number of ether oxygens (including phenoxy) is 1. The van der Waals surface area contributed by atoms with Gasteiger partial charge < -0.3 is 9.84 Å². The predicted molar refractivity (Wildman–Crippen MR) is 91.5 cm³/mol. The van der Waals surface area contributed by atoms with Crippen molar-refractivity contribution in [2.24, 2.45) is 4.99 Å². The molecule has 1 fully saturated rings. The lowest BCUT2D eigenvalue weighted by molar-refractivity contribution is -0.440. The van der Waals surface area contributed by atoms with Crippen LogP contribution < -0.4 is 0 Å². The summed E-state index contributed by atoms with van der Waals surface area (Å²) in [7, 11) is 1.57. The molecule has 1 saturated carbocycles. The molecule has 2 aromatic rings. The first-order valence-corrected chi connectivity index (χ1v) is 8.04. The summed E-state index contributed by atoms with van der Waals surface area (Å²) in [6.07, 6.45) is 1.84. The Morgan fingerprint density at radius 3 is 2.83 bits per heavy atom. The Morgan fingerprint density at radius 2 is 2.09 bits per heavy atom. The third kappa shape index (κ3) is 1.85. The number of nitrogens with zero attached hydrogens (tertiary/aromatic N) is 2. The molecule has 1 N–H and O–H groups in total. The van der Waals surface area contributed by atoms with Crippen molar-refractivity contribution < 1.29 is 14.4 Å². The minimum absolute atomic E-state index is 0.0425. The van der Waals surface area contributed by atoms with Crippen LogP contribution in [-0.2, 0) is 4.74 Å². The molecule has 0 amide bonds. The van der Waals surface area contributed by atoms with Gasteiger partial charge in [0, 0.05) is 12.7 Å². The summed E-state index contributed by atoms with van der Waals surface area (Å²) in [5.41, 5.74) is 3.47. The van der Waals surface area contributed by atoms with Crippen LogP contribution in [0.5, 0.6) is 0 Å². The highest BCUT2D eigenvalue weighted by Crippen LogP contribution is 2.57. The second-order valence-corrected chi connectivity index (χ2v) is 6.24. The highest BCUT2D eigenvalue weighted by Gasteiger charge is 2.73. The average Bonchev–Trinajstić information content (AvgIpc) is 3.20. The summed E-state index contributed by atoms with van der Waals surface area (Å²) in [5.74, 6) is -1.19. The smallest absolute Gasteiger partial charge is 0.280 e. The molecule has 3 unspecified atom stereocenters. The van der Waals surface area contributed by atoms with Crippen LogP contribution in [0.15, 0.2) is 41.4 Å². The number of hydrogen-bond acceptors (Lipinski definition) is 3. The Hall–Kier alpha value is -2.04. The number of benzene rings is 2. The van der Waals surface area contributed by atoms with Gasteiger partial charge in [-0.3, -0.25) is 0 Å². The topological polar surface area (TPSA) is 44.8 Å². The van der Waals surface area contributed by atoms with Crippen molar-refractivity contribution in [1.29, 1.82) is 0 Å². The van der Waals surface area contributed by atoms with E-state index in [9.17, 15) is 5.11 Å². The van der Waals surface area contributed by atoms with Crippen LogP contribution in [-0.4, -0.2) is 47.2 Å². The maximum atomic E-state index is 10.9. The van der Waals surface area contributed by atoms with Gasteiger partial charge in [0.1, 0.15) is 12.3 Å². The minimum Gasteiger partial charge on any atom is -0.362 e. The lowest BCUT2D eigenvalue weighted by Gasteiger charge is -2.17. The largest absolute Gasteiger partial charge is 0.362 e. The first kappa shape index (κ1) is 14.5. The van der Waals surface area contributed by atoms with Crippen molar-refractivity contribution in [3.63, 3.8) is 0 Å². The second kappa shape index (κ2) is 4.98. The molecular formula is C19H21N2O2+. The Morgan fingerprint density at radius 1 is 1.30 bits per heavy atom. The molecule has 0 radical (unpaired) electrons. The molecule has 2 aliphatic rings. The first-order valence-electron chi connectivity index (χ1n) is 8.04. The maximum absolute atomic E-state index is 10.9. The van der Waals surface area contributed by atoms with Crippen molar-refractivity contribution in [3.05, 3.63) is 47.5 Å². The molecule has 3 atom stereocenters. The molecule has 118 valence electrons. The van der Waals surface area contributed by atoms with Gasteiger partial charge in [0.2, 0.25) is 5.79 Å². The third-order valence-corrected chi connectivity index (χ3v) is 5.14. The van der Waals surface area contributed by atoms with E-state index in [1.807, 2.05) is 13.3 Å². The summed E-state index contributed by atoms with van der Waals surface area (Å²) < 4.78 is 7.54. The zero-order valence-corrected chi connectivity index (χ0v) is 13.7. The van der Waals surface area contributed by atoms with E-state index < -0.39 is 5.79 Å². The van der Waals surface area contributed by atoms with E-state index in [2.05, 4.69) is 52.9 Å². The highest BCUT2D eigenvalue weighted by molar-refractivity contribution is 6.10. The van der Waals surface area contributed by atoms with Gasteiger partial charge in [-0.2, -0.15) is 0 Å². The SMILES string of the molecule is CCN=C[N+]1=C(C)c2c(ccc3ccccc23)C2C1C2(O)OC. The summed E-state index contributed by atoms with van der Waals surface area (Å²) in [6.45, 7) is 4.82. The Bertz CT molecular complexity index is 856. The first-order chi connectivity index (χ1) is 11.1. The van der Waals surface area contributed by atoms with Crippen molar-refractivity contribution in [2.45, 2.75) is 31.6 Å². The molecular weight excluding hydrogens is 288 g/mol. The Kier molecular flexibility index (Phi) is 3.15. The number of aliphatic imine (C=N–C) groups is 1. The molecule has 2 aromatic carbocycles. The van der Waals surface area contributed by atoms with E-state index in [1.54, 1.807) is 7.11 Å². The molecule has 1 aliphatic carbocycles. The van der Waals surface area contributed by atoms with Crippen LogP contribution in [0, 0.1) is 0 Å². The van der Waals surface area contributed by atoms with E-state index in [4.69, 9.17) is 4.74 Å². The van der Waals surface area contributed by atoms with Crippen LogP contribution in [0.1, 0.15) is 30.9 Å². The molecule has 0 spiro atoms. The van der Waals surface area contributed by atoms with Crippen molar-refractivity contribution in [1.82, 2.24) is 0 Å². The minimum atomic E-state index is -1.14. The molecule has 0 aromatic heterocycles. The number of methoxy groups -OCH3 is 1. The second-order valence-electron chi connectivity index (χ2n) is 6.24. The van der Waals surface area contributed by atoms with Crippen molar-refractivity contribution in [2.75, 3.05) is 13.7 Å². The number of aliphatic hydroxyl groups is 1. The van der Waals surface area contributed by atoms with E-state index >= 15 is 0 Å². The van der Waals surface area contributed by atoms with Gasteiger partial charge in [-0.05, 0) is 30.2 Å². The standard InChI is InChI=1S/C19H21N2O2/c1-4-20-11-21-12(2)16-14-8-6-5-7-13(14)9-10-15(16)17-18(21)19(17,22)23-3/h5-11,17-18,22H,4H2,1-3H3/q+1. The van der Waals surface area contributed by atoms with Gasteiger partial charge >= 0.3 is 0 Å². The van der Waals surface area contributed by atoms with Gasteiger partial charge in [0.25, 0.3) is 6.34 Å². The monoisotopic (exact) mass is 309 g/mol. The summed E-state index contributed by atoms with van der Waals surface area (Å²) >= 11 is 0. The highest BCUT2D eigenvalue weighted by atomic mass is 16.6. The Labute approximate surface area is 135 Å². The normalized spacial score (nSPS) is 29.0. The lowest BCUT2D eigenvalue weighted by Crippen LogP contribution is -2.30. The molecule has 4 nitrogen and oxygen atoms in total. The van der Waals surface area contributed by atoms with E-state index in [0.29, 0.717) is 0 Å². The molecule has 1 aliphatic heterocycles. The molecule has 4 heteroatoms. The van der Waals surface area contributed by atoms with Gasteiger partial charge in [-0.25, -0.2) is 4.58 Å². The van der Waals surface area contributed by atoms with Crippen molar-refractivity contribution in [3.8, 4) is 0 Å². The van der Waals surface area contributed by atoms with Crippen LogP contribution in [0.3, 0.4) is 0 Å². The van der Waals surface area contributed by atoms with Gasteiger partial charge in [-0.15, -0.1) is 0 Å². The zero-order valence-electron chi connectivity index (χ0n) is 13.7. The quantitative estimate of drug-likeness (QED) is 0.410. The third-order valence-electron chi connectivity index (χ3n) is 5.14. The number of rotatable bonds is 3. The molecule has 1 heterocycles. The fraction of sp³-hybridized carbons (Fsp3) is 0.368. The Balaban J connectivity index is 2.02. The summed E-state index contributed by atoms with van der Waals surface area (Å²) in [6, 6.07) is 12.5. The molecule has 4 rings (SSSR count).